The van der Waals surface area contributed by atoms with Gasteiger partial charge in [-0.2, -0.15) is 12.8 Å². The van der Waals surface area contributed by atoms with E-state index in [1.54, 1.807) is 30.3 Å². The molecule has 1 aromatic carbocycles. The number of carbonyl (C=O) groups excluding carboxylic acids is 2. The predicted molar refractivity (Wildman–Crippen MR) is 89.2 cm³/mol. The van der Waals surface area contributed by atoms with Crippen LogP contribution in [-0.4, -0.2) is 36.5 Å². The van der Waals surface area contributed by atoms with E-state index >= 15 is 0 Å². The van der Waals surface area contributed by atoms with Crippen LogP contribution in [0.1, 0.15) is 37.7 Å². The SMILES string of the molecule is O=C(OCc1ccccc1)C(F)(C(=O)OCC1CCCCC1)S(=O)(=O)O. The molecule has 0 heterocycles. The van der Waals surface area contributed by atoms with Crippen LogP contribution in [0.2, 0.25) is 0 Å². The lowest BCUT2D eigenvalue weighted by atomic mass is 9.90. The minimum absolute atomic E-state index is 0.0290. The molecule has 0 aliphatic heterocycles. The second-order valence-corrected chi connectivity index (χ2v) is 7.75. The van der Waals surface area contributed by atoms with Crippen LogP contribution in [0.25, 0.3) is 0 Å². The van der Waals surface area contributed by atoms with Crippen LogP contribution in [0.3, 0.4) is 0 Å². The summed E-state index contributed by atoms with van der Waals surface area (Å²) >= 11 is 0. The zero-order chi connectivity index (χ0) is 19.2. The standard InChI is InChI=1S/C17H21FO7S/c18-17(26(21,22)23,15(19)24-11-13-7-3-1-4-8-13)16(20)25-12-14-9-5-2-6-10-14/h1,3-4,7-8,14H,2,5-6,9-12H2,(H,21,22,23). The first kappa shape index (κ1) is 20.3. The Morgan fingerprint density at radius 1 is 1.08 bits per heavy atom. The Morgan fingerprint density at radius 3 is 2.23 bits per heavy atom. The Bertz CT molecular complexity index is 729. The van der Waals surface area contributed by atoms with Gasteiger partial charge in [-0.3, -0.25) is 4.55 Å². The summed E-state index contributed by atoms with van der Waals surface area (Å²) in [4.78, 5) is 23.9. The molecule has 1 fully saturated rings. The highest BCUT2D eigenvalue weighted by molar-refractivity contribution is 7.88. The Hall–Kier alpha value is -2.00. The maximum Gasteiger partial charge on any atom is 0.424 e. The number of carbonyl (C=O) groups is 2. The Labute approximate surface area is 151 Å². The van der Waals surface area contributed by atoms with Crippen molar-refractivity contribution < 1.29 is 36.4 Å². The number of alkyl halides is 1. The maximum absolute atomic E-state index is 14.8. The molecule has 7 nitrogen and oxygen atoms in total. The summed E-state index contributed by atoms with van der Waals surface area (Å²) < 4.78 is 55.9. The first-order chi connectivity index (χ1) is 12.2. The molecular formula is C17H21FO7S. The molecular weight excluding hydrogens is 367 g/mol. The van der Waals surface area contributed by atoms with Gasteiger partial charge in [-0.25, -0.2) is 9.59 Å². The van der Waals surface area contributed by atoms with Gasteiger partial charge in [0.1, 0.15) is 6.61 Å². The number of esters is 2. The van der Waals surface area contributed by atoms with Crippen molar-refractivity contribution in [2.75, 3.05) is 6.61 Å². The average Bonchev–Trinajstić information content (AvgIpc) is 2.64. The first-order valence-corrected chi connectivity index (χ1v) is 9.73. The van der Waals surface area contributed by atoms with Gasteiger partial charge in [0.15, 0.2) is 0 Å². The van der Waals surface area contributed by atoms with E-state index in [2.05, 4.69) is 4.74 Å². The molecule has 0 aromatic heterocycles. The van der Waals surface area contributed by atoms with Crippen LogP contribution < -0.4 is 0 Å². The van der Waals surface area contributed by atoms with E-state index in [1.165, 1.54) is 0 Å². The Balaban J connectivity index is 2.05. The van der Waals surface area contributed by atoms with Crippen LogP contribution >= 0.6 is 0 Å². The lowest BCUT2D eigenvalue weighted by Crippen LogP contribution is -2.51. The molecule has 144 valence electrons. The quantitative estimate of drug-likeness (QED) is 0.434. The number of halogens is 1. The smallest absolute Gasteiger partial charge is 0.424 e. The minimum Gasteiger partial charge on any atom is -0.462 e. The normalized spacial score (nSPS) is 17.9. The highest BCUT2D eigenvalue weighted by atomic mass is 32.2. The second-order valence-electron chi connectivity index (χ2n) is 6.23. The van der Waals surface area contributed by atoms with Gasteiger partial charge in [-0.1, -0.05) is 49.6 Å². The molecule has 0 bridgehead atoms. The number of hydrogen-bond donors (Lipinski definition) is 1. The molecule has 1 aliphatic rings. The van der Waals surface area contributed by atoms with E-state index in [0.29, 0.717) is 5.56 Å². The van der Waals surface area contributed by atoms with E-state index in [-0.39, 0.29) is 12.5 Å². The molecule has 0 spiro atoms. The van der Waals surface area contributed by atoms with E-state index in [4.69, 9.17) is 9.29 Å². The van der Waals surface area contributed by atoms with Crippen LogP contribution in [0.5, 0.6) is 0 Å². The number of ether oxygens (including phenoxy) is 2. The van der Waals surface area contributed by atoms with Crippen LogP contribution in [0, 0.1) is 5.92 Å². The fraction of sp³-hybridized carbons (Fsp3) is 0.529. The van der Waals surface area contributed by atoms with Crippen molar-refractivity contribution in [3.8, 4) is 0 Å². The molecule has 0 saturated heterocycles. The summed E-state index contributed by atoms with van der Waals surface area (Å²) in [6.07, 6.45) is 4.43. The van der Waals surface area contributed by atoms with Gasteiger partial charge in [-0.05, 0) is 24.3 Å². The van der Waals surface area contributed by atoms with Gasteiger partial charge < -0.3 is 9.47 Å². The third-order valence-corrected chi connectivity index (χ3v) is 5.31. The summed E-state index contributed by atoms with van der Waals surface area (Å²) in [5.74, 6) is -4.04. The predicted octanol–water partition coefficient (Wildman–Crippen LogP) is 2.41. The number of hydrogen-bond acceptors (Lipinski definition) is 6. The monoisotopic (exact) mass is 388 g/mol. The third kappa shape index (κ3) is 4.79. The molecule has 1 saturated carbocycles. The number of benzene rings is 1. The summed E-state index contributed by atoms with van der Waals surface area (Å²) in [7, 11) is -5.74. The topological polar surface area (TPSA) is 107 Å². The zero-order valence-electron chi connectivity index (χ0n) is 14.1. The van der Waals surface area contributed by atoms with Crippen LogP contribution in [0.4, 0.5) is 4.39 Å². The van der Waals surface area contributed by atoms with E-state index in [1.807, 2.05) is 0 Å². The number of rotatable bonds is 7. The van der Waals surface area contributed by atoms with E-state index in [0.717, 1.165) is 32.1 Å². The van der Waals surface area contributed by atoms with Crippen molar-refractivity contribution in [1.29, 1.82) is 0 Å². The Morgan fingerprint density at radius 2 is 1.65 bits per heavy atom. The molecule has 1 N–H and O–H groups in total. The van der Waals surface area contributed by atoms with Crippen molar-refractivity contribution in [3.63, 3.8) is 0 Å². The largest absolute Gasteiger partial charge is 0.462 e. The minimum atomic E-state index is -5.74. The van der Waals surface area contributed by atoms with Gasteiger partial charge in [0.2, 0.25) is 0 Å². The molecule has 1 unspecified atom stereocenters. The van der Waals surface area contributed by atoms with E-state index in [9.17, 15) is 22.4 Å². The fourth-order valence-electron chi connectivity index (χ4n) is 2.75. The average molecular weight is 388 g/mol. The summed E-state index contributed by atoms with van der Waals surface area (Å²) in [5, 5.41) is -4.31. The van der Waals surface area contributed by atoms with Gasteiger partial charge in [-0.15, -0.1) is 0 Å². The van der Waals surface area contributed by atoms with Crippen LogP contribution in [0.15, 0.2) is 30.3 Å². The van der Waals surface area contributed by atoms with Gasteiger partial charge >= 0.3 is 27.1 Å². The summed E-state index contributed by atoms with van der Waals surface area (Å²) in [6.45, 7) is -0.678. The fourth-order valence-corrected chi connectivity index (χ4v) is 3.29. The molecule has 1 aromatic rings. The first-order valence-electron chi connectivity index (χ1n) is 8.29. The second kappa shape index (κ2) is 8.59. The zero-order valence-corrected chi connectivity index (χ0v) is 14.9. The highest BCUT2D eigenvalue weighted by Crippen LogP contribution is 2.27. The Kier molecular flexibility index (Phi) is 6.71. The molecule has 2 rings (SSSR count). The lowest BCUT2D eigenvalue weighted by Gasteiger charge is -2.23. The van der Waals surface area contributed by atoms with Gasteiger partial charge in [0.05, 0.1) is 6.61 Å². The van der Waals surface area contributed by atoms with Crippen LogP contribution in [-0.2, 0) is 35.8 Å². The maximum atomic E-state index is 14.8. The molecule has 1 aliphatic carbocycles. The molecule has 26 heavy (non-hydrogen) atoms. The van der Waals surface area contributed by atoms with Crippen molar-refractivity contribution in [2.24, 2.45) is 5.92 Å². The van der Waals surface area contributed by atoms with Gasteiger partial charge in [0.25, 0.3) is 0 Å². The van der Waals surface area contributed by atoms with Crippen molar-refractivity contribution in [2.45, 2.75) is 43.7 Å². The van der Waals surface area contributed by atoms with E-state index < -0.39 is 33.7 Å². The summed E-state index contributed by atoms with van der Waals surface area (Å²) in [6, 6.07) is 8.08. The molecule has 0 radical (unpaired) electrons. The van der Waals surface area contributed by atoms with Crippen molar-refractivity contribution in [3.05, 3.63) is 35.9 Å². The highest BCUT2D eigenvalue weighted by Gasteiger charge is 2.62. The summed E-state index contributed by atoms with van der Waals surface area (Å²) in [5.41, 5.74) is 0.453. The van der Waals surface area contributed by atoms with Crippen molar-refractivity contribution in [1.82, 2.24) is 0 Å². The molecule has 1 atom stereocenters. The molecule has 0 amide bonds. The van der Waals surface area contributed by atoms with Gasteiger partial charge in [0, 0.05) is 0 Å². The van der Waals surface area contributed by atoms with Crippen molar-refractivity contribution >= 4 is 22.1 Å². The third-order valence-electron chi connectivity index (χ3n) is 4.27. The lowest BCUT2D eigenvalue weighted by molar-refractivity contribution is -0.169. The molecule has 9 heteroatoms.